The number of hydrogen-bond donors (Lipinski definition) is 3. The monoisotopic (exact) mass is 326 g/mol. The van der Waals surface area contributed by atoms with Crippen LogP contribution in [0.4, 0.5) is 13.2 Å². The van der Waals surface area contributed by atoms with E-state index in [-0.39, 0.29) is 6.42 Å². The summed E-state index contributed by atoms with van der Waals surface area (Å²) in [6.07, 6.45) is -3.45. The molecule has 0 radical (unpaired) electrons. The highest BCUT2D eigenvalue weighted by Crippen LogP contribution is 2.38. The Morgan fingerprint density at radius 1 is 1.39 bits per heavy atom. The number of H-pyrrole nitrogens is 1. The first kappa shape index (κ1) is 15.9. The summed E-state index contributed by atoms with van der Waals surface area (Å²) in [5.74, 6) is -0.944. The van der Waals surface area contributed by atoms with E-state index in [1.54, 1.807) is 0 Å². The summed E-state index contributed by atoms with van der Waals surface area (Å²) in [6.45, 7) is 2.36. The van der Waals surface area contributed by atoms with Crippen LogP contribution in [0, 0.1) is 0 Å². The zero-order chi connectivity index (χ0) is 16.8. The average Bonchev–Trinajstić information content (AvgIpc) is 2.84. The fraction of sp³-hybridized carbons (Fsp3) is 0.438. The molecule has 0 saturated heterocycles. The van der Waals surface area contributed by atoms with E-state index in [4.69, 9.17) is 5.11 Å². The molecular weight excluding hydrogens is 309 g/mol. The van der Waals surface area contributed by atoms with Crippen molar-refractivity contribution in [3.8, 4) is 0 Å². The van der Waals surface area contributed by atoms with Crippen LogP contribution in [0.1, 0.15) is 41.8 Å². The van der Waals surface area contributed by atoms with E-state index in [1.165, 1.54) is 12.1 Å². The fourth-order valence-electron chi connectivity index (χ4n) is 3.27. The van der Waals surface area contributed by atoms with Gasteiger partial charge >= 0.3 is 12.1 Å². The average molecular weight is 326 g/mol. The molecule has 1 aliphatic heterocycles. The third-order valence-electron chi connectivity index (χ3n) is 4.33. The smallest absolute Gasteiger partial charge is 0.416 e. The maximum absolute atomic E-state index is 13.1. The fourth-order valence-corrected chi connectivity index (χ4v) is 3.27. The molecule has 3 N–H and O–H groups in total. The van der Waals surface area contributed by atoms with E-state index in [1.807, 2.05) is 6.92 Å². The molecule has 7 heteroatoms. The molecule has 0 spiro atoms. The number of carbonyl (C=O) groups is 1. The molecule has 2 heterocycles. The largest absolute Gasteiger partial charge is 0.481 e. The SMILES string of the molecule is CCc1cc(C(F)(F)F)cc2c3c([nH]c12)C(CC(=O)O)NCC3. The number of hydrogen-bond acceptors (Lipinski definition) is 2. The molecule has 0 amide bonds. The molecule has 124 valence electrons. The Kier molecular flexibility index (Phi) is 3.83. The van der Waals surface area contributed by atoms with Crippen LogP contribution in [0.15, 0.2) is 12.1 Å². The topological polar surface area (TPSA) is 65.1 Å². The third-order valence-corrected chi connectivity index (χ3v) is 4.33. The maximum atomic E-state index is 13.1. The number of carboxylic acid groups (broad SMARTS) is 1. The molecule has 1 unspecified atom stereocenters. The van der Waals surface area contributed by atoms with E-state index in [0.717, 1.165) is 5.56 Å². The van der Waals surface area contributed by atoms with Gasteiger partial charge in [0.2, 0.25) is 0 Å². The highest BCUT2D eigenvalue weighted by Gasteiger charge is 2.33. The van der Waals surface area contributed by atoms with Gasteiger partial charge < -0.3 is 15.4 Å². The molecule has 0 saturated carbocycles. The zero-order valence-corrected chi connectivity index (χ0v) is 12.5. The molecule has 0 bridgehead atoms. The van der Waals surface area contributed by atoms with Gasteiger partial charge in [-0.25, -0.2) is 0 Å². The molecule has 23 heavy (non-hydrogen) atoms. The van der Waals surface area contributed by atoms with Crippen LogP contribution in [0.3, 0.4) is 0 Å². The minimum atomic E-state index is -4.39. The van der Waals surface area contributed by atoms with Crippen molar-refractivity contribution < 1.29 is 23.1 Å². The number of aliphatic carboxylic acids is 1. The van der Waals surface area contributed by atoms with Crippen LogP contribution in [0.5, 0.6) is 0 Å². The van der Waals surface area contributed by atoms with Gasteiger partial charge in [0.25, 0.3) is 0 Å². The molecule has 1 atom stereocenters. The number of carboxylic acids is 1. The van der Waals surface area contributed by atoms with Crippen LogP contribution in [-0.4, -0.2) is 22.6 Å². The van der Waals surface area contributed by atoms with Crippen molar-refractivity contribution in [2.75, 3.05) is 6.54 Å². The van der Waals surface area contributed by atoms with Gasteiger partial charge in [-0.3, -0.25) is 4.79 Å². The second kappa shape index (κ2) is 5.56. The summed E-state index contributed by atoms with van der Waals surface area (Å²) >= 11 is 0. The van der Waals surface area contributed by atoms with Gasteiger partial charge in [0, 0.05) is 16.6 Å². The summed E-state index contributed by atoms with van der Waals surface area (Å²) in [6, 6.07) is 1.94. The highest BCUT2D eigenvalue weighted by atomic mass is 19.4. The van der Waals surface area contributed by atoms with E-state index in [2.05, 4.69) is 10.3 Å². The summed E-state index contributed by atoms with van der Waals surface area (Å²) in [5.41, 5.74) is 2.12. The van der Waals surface area contributed by atoms with E-state index in [0.29, 0.717) is 41.5 Å². The van der Waals surface area contributed by atoms with Crippen LogP contribution >= 0.6 is 0 Å². The second-order valence-electron chi connectivity index (χ2n) is 5.78. The lowest BCUT2D eigenvalue weighted by atomic mass is 9.95. The van der Waals surface area contributed by atoms with Gasteiger partial charge in [-0.1, -0.05) is 6.92 Å². The van der Waals surface area contributed by atoms with Crippen molar-refractivity contribution >= 4 is 16.9 Å². The Hall–Kier alpha value is -2.02. The second-order valence-corrected chi connectivity index (χ2v) is 5.78. The molecule has 2 aromatic rings. The lowest BCUT2D eigenvalue weighted by Crippen LogP contribution is -2.31. The standard InChI is InChI=1S/C16H17F3N2O2/c1-2-8-5-9(16(17,18)19)6-11-10-3-4-20-12(7-13(22)23)15(10)21-14(8)11/h5-6,12,20-21H,2-4,7H2,1H3,(H,22,23). The first-order valence-electron chi connectivity index (χ1n) is 7.51. The number of rotatable bonds is 3. The molecule has 0 fully saturated rings. The highest BCUT2D eigenvalue weighted by molar-refractivity contribution is 5.89. The van der Waals surface area contributed by atoms with Crippen molar-refractivity contribution in [3.63, 3.8) is 0 Å². The van der Waals surface area contributed by atoms with Crippen LogP contribution in [0.2, 0.25) is 0 Å². The Morgan fingerprint density at radius 2 is 2.13 bits per heavy atom. The Balaban J connectivity index is 2.21. The van der Waals surface area contributed by atoms with Gasteiger partial charge in [0.05, 0.1) is 18.0 Å². The number of benzene rings is 1. The van der Waals surface area contributed by atoms with Crippen molar-refractivity contribution in [1.29, 1.82) is 0 Å². The van der Waals surface area contributed by atoms with Gasteiger partial charge in [0.1, 0.15) is 0 Å². The molecular formula is C16H17F3N2O2. The Bertz CT molecular complexity index is 765. The van der Waals surface area contributed by atoms with Crippen molar-refractivity contribution in [1.82, 2.24) is 10.3 Å². The minimum absolute atomic E-state index is 0.104. The number of fused-ring (bicyclic) bond motifs is 3. The van der Waals surface area contributed by atoms with Crippen LogP contribution in [0.25, 0.3) is 10.9 Å². The first-order chi connectivity index (χ1) is 10.8. The summed E-state index contributed by atoms with van der Waals surface area (Å²) in [4.78, 5) is 14.2. The van der Waals surface area contributed by atoms with E-state index in [9.17, 15) is 18.0 Å². The molecule has 4 nitrogen and oxygen atoms in total. The first-order valence-corrected chi connectivity index (χ1v) is 7.51. The molecule has 1 aliphatic rings. The zero-order valence-electron chi connectivity index (χ0n) is 12.5. The number of aryl methyl sites for hydroxylation is 1. The number of aromatic nitrogens is 1. The summed E-state index contributed by atoms with van der Waals surface area (Å²) in [5, 5.41) is 12.7. The van der Waals surface area contributed by atoms with Gasteiger partial charge in [-0.15, -0.1) is 0 Å². The third kappa shape index (κ3) is 2.81. The van der Waals surface area contributed by atoms with Gasteiger partial charge in [-0.05, 0) is 42.6 Å². The number of halogens is 3. The summed E-state index contributed by atoms with van der Waals surface area (Å²) < 4.78 is 39.4. The number of aromatic amines is 1. The predicted octanol–water partition coefficient (Wildman–Crippen LogP) is 3.41. The summed E-state index contributed by atoms with van der Waals surface area (Å²) in [7, 11) is 0. The molecule has 0 aliphatic carbocycles. The Labute approximate surface area is 130 Å². The number of alkyl halides is 3. The van der Waals surface area contributed by atoms with E-state index >= 15 is 0 Å². The molecule has 1 aromatic heterocycles. The van der Waals surface area contributed by atoms with Crippen LogP contribution < -0.4 is 5.32 Å². The molecule has 3 rings (SSSR count). The quantitative estimate of drug-likeness (QED) is 0.810. The van der Waals surface area contributed by atoms with Crippen molar-refractivity contribution in [3.05, 3.63) is 34.5 Å². The molecule has 1 aromatic carbocycles. The lowest BCUT2D eigenvalue weighted by Gasteiger charge is -2.22. The van der Waals surface area contributed by atoms with Gasteiger partial charge in [-0.2, -0.15) is 13.2 Å². The van der Waals surface area contributed by atoms with Crippen molar-refractivity contribution in [2.24, 2.45) is 0 Å². The normalized spacial score (nSPS) is 18.2. The lowest BCUT2D eigenvalue weighted by molar-refractivity contribution is -0.138. The minimum Gasteiger partial charge on any atom is -0.481 e. The predicted molar refractivity (Wildman–Crippen MR) is 79.4 cm³/mol. The Morgan fingerprint density at radius 3 is 2.74 bits per heavy atom. The number of nitrogens with one attached hydrogen (secondary N) is 2. The van der Waals surface area contributed by atoms with E-state index < -0.39 is 23.8 Å². The maximum Gasteiger partial charge on any atom is 0.416 e. The van der Waals surface area contributed by atoms with Crippen LogP contribution in [-0.2, 0) is 23.8 Å². The van der Waals surface area contributed by atoms with Crippen molar-refractivity contribution in [2.45, 2.75) is 38.4 Å². The van der Waals surface area contributed by atoms with Gasteiger partial charge in [0.15, 0.2) is 0 Å².